The Balaban J connectivity index is 1.70. The minimum atomic E-state index is 0.837. The van der Waals surface area contributed by atoms with Gasteiger partial charge in [-0.05, 0) is 25.1 Å². The van der Waals surface area contributed by atoms with Crippen LogP contribution in [0.1, 0.15) is 24.9 Å². The van der Waals surface area contributed by atoms with Crippen LogP contribution in [0.5, 0.6) is 0 Å². The molecule has 0 unspecified atom stereocenters. The Morgan fingerprint density at radius 2 is 2.20 bits per heavy atom. The molecular formula is C15H21N5. The van der Waals surface area contributed by atoms with E-state index >= 15 is 0 Å². The fourth-order valence-electron chi connectivity index (χ4n) is 2.55. The van der Waals surface area contributed by atoms with Gasteiger partial charge < -0.3 is 14.8 Å². The second-order valence-electron chi connectivity index (χ2n) is 5.14. The van der Waals surface area contributed by atoms with E-state index < -0.39 is 0 Å². The van der Waals surface area contributed by atoms with Gasteiger partial charge in [-0.15, -0.1) is 0 Å². The highest BCUT2D eigenvalue weighted by molar-refractivity contribution is 5.47. The lowest BCUT2D eigenvalue weighted by Gasteiger charge is -2.29. The van der Waals surface area contributed by atoms with Crippen LogP contribution in [0.2, 0.25) is 0 Å². The molecule has 5 nitrogen and oxygen atoms in total. The van der Waals surface area contributed by atoms with E-state index in [4.69, 9.17) is 0 Å². The summed E-state index contributed by atoms with van der Waals surface area (Å²) >= 11 is 0. The van der Waals surface area contributed by atoms with Gasteiger partial charge in [-0.3, -0.25) is 4.98 Å². The molecule has 0 fully saturated rings. The van der Waals surface area contributed by atoms with Crippen molar-refractivity contribution in [2.24, 2.45) is 0 Å². The van der Waals surface area contributed by atoms with E-state index in [9.17, 15) is 0 Å². The molecule has 3 heterocycles. The molecule has 1 aliphatic heterocycles. The van der Waals surface area contributed by atoms with Gasteiger partial charge in [0.2, 0.25) is 0 Å². The number of hydrogen-bond donors (Lipinski definition) is 1. The Hall–Kier alpha value is -1.88. The fourth-order valence-corrected chi connectivity index (χ4v) is 2.55. The first-order chi connectivity index (χ1) is 9.86. The predicted molar refractivity (Wildman–Crippen MR) is 79.5 cm³/mol. The van der Waals surface area contributed by atoms with Crippen LogP contribution >= 0.6 is 0 Å². The SMILES string of the molecule is CCCNCc1cc(N2CCn3ccnc3C2)ccn1. The van der Waals surface area contributed by atoms with Crippen molar-refractivity contribution in [3.8, 4) is 0 Å². The summed E-state index contributed by atoms with van der Waals surface area (Å²) in [6.45, 7) is 6.94. The van der Waals surface area contributed by atoms with Crippen molar-refractivity contribution in [2.45, 2.75) is 33.0 Å². The van der Waals surface area contributed by atoms with E-state index in [0.29, 0.717) is 0 Å². The largest absolute Gasteiger partial charge is 0.362 e. The Kier molecular flexibility index (Phi) is 3.97. The molecule has 0 saturated heterocycles. The van der Waals surface area contributed by atoms with Gasteiger partial charge in [0.15, 0.2) is 0 Å². The summed E-state index contributed by atoms with van der Waals surface area (Å²) in [5.74, 6) is 1.14. The van der Waals surface area contributed by atoms with E-state index in [1.807, 2.05) is 12.4 Å². The van der Waals surface area contributed by atoms with Gasteiger partial charge in [-0.1, -0.05) is 6.92 Å². The fraction of sp³-hybridized carbons (Fsp3) is 0.467. The lowest BCUT2D eigenvalue weighted by Crippen LogP contribution is -2.33. The average Bonchev–Trinajstić information content (AvgIpc) is 2.95. The van der Waals surface area contributed by atoms with Crippen molar-refractivity contribution < 1.29 is 0 Å². The molecule has 106 valence electrons. The molecule has 0 atom stereocenters. The number of hydrogen-bond acceptors (Lipinski definition) is 4. The van der Waals surface area contributed by atoms with Gasteiger partial charge in [0, 0.05) is 43.9 Å². The highest BCUT2D eigenvalue weighted by Gasteiger charge is 2.17. The molecule has 5 heteroatoms. The molecule has 0 saturated carbocycles. The zero-order valence-electron chi connectivity index (χ0n) is 11.9. The summed E-state index contributed by atoms with van der Waals surface area (Å²) in [6.07, 6.45) is 6.98. The number of fused-ring (bicyclic) bond motifs is 1. The Morgan fingerprint density at radius 1 is 1.25 bits per heavy atom. The third-order valence-electron chi connectivity index (χ3n) is 3.64. The molecule has 0 aromatic carbocycles. The number of anilines is 1. The second kappa shape index (κ2) is 6.05. The van der Waals surface area contributed by atoms with E-state index in [2.05, 4.69) is 50.0 Å². The van der Waals surface area contributed by atoms with Crippen molar-refractivity contribution in [1.29, 1.82) is 0 Å². The lowest BCUT2D eigenvalue weighted by molar-refractivity contribution is 0.559. The molecule has 0 aliphatic carbocycles. The van der Waals surface area contributed by atoms with E-state index in [-0.39, 0.29) is 0 Å². The number of rotatable bonds is 5. The number of pyridine rings is 1. The minimum absolute atomic E-state index is 0.837. The highest BCUT2D eigenvalue weighted by Crippen LogP contribution is 2.20. The maximum absolute atomic E-state index is 4.43. The van der Waals surface area contributed by atoms with Crippen molar-refractivity contribution in [2.75, 3.05) is 18.0 Å². The van der Waals surface area contributed by atoms with Crippen LogP contribution in [0.4, 0.5) is 5.69 Å². The molecule has 0 spiro atoms. The van der Waals surface area contributed by atoms with Crippen LogP contribution in [0.15, 0.2) is 30.7 Å². The second-order valence-corrected chi connectivity index (χ2v) is 5.14. The molecule has 20 heavy (non-hydrogen) atoms. The predicted octanol–water partition coefficient (Wildman–Crippen LogP) is 1.80. The number of aromatic nitrogens is 3. The first kappa shape index (κ1) is 13.1. The lowest BCUT2D eigenvalue weighted by atomic mass is 10.2. The topological polar surface area (TPSA) is 46.0 Å². The third-order valence-corrected chi connectivity index (χ3v) is 3.64. The van der Waals surface area contributed by atoms with Crippen molar-refractivity contribution in [1.82, 2.24) is 19.9 Å². The van der Waals surface area contributed by atoms with E-state index in [1.165, 1.54) is 5.69 Å². The van der Waals surface area contributed by atoms with Gasteiger partial charge >= 0.3 is 0 Å². The Labute approximate surface area is 119 Å². The summed E-state index contributed by atoms with van der Waals surface area (Å²) in [7, 11) is 0. The van der Waals surface area contributed by atoms with Gasteiger partial charge in [0.05, 0.1) is 12.2 Å². The first-order valence-electron chi connectivity index (χ1n) is 7.27. The number of nitrogens with zero attached hydrogens (tertiary/aromatic N) is 4. The van der Waals surface area contributed by atoms with Crippen LogP contribution in [-0.2, 0) is 19.6 Å². The van der Waals surface area contributed by atoms with Gasteiger partial charge in [-0.2, -0.15) is 0 Å². The van der Waals surface area contributed by atoms with Gasteiger partial charge in [0.25, 0.3) is 0 Å². The normalized spacial score (nSPS) is 14.3. The monoisotopic (exact) mass is 271 g/mol. The molecule has 1 N–H and O–H groups in total. The molecule has 0 amide bonds. The number of imidazole rings is 1. The Bertz CT molecular complexity index is 563. The molecule has 2 aromatic heterocycles. The van der Waals surface area contributed by atoms with Crippen LogP contribution < -0.4 is 10.2 Å². The summed E-state index contributed by atoms with van der Waals surface area (Å²) in [5.41, 5.74) is 2.34. The van der Waals surface area contributed by atoms with Gasteiger partial charge in [-0.25, -0.2) is 4.98 Å². The van der Waals surface area contributed by atoms with Crippen LogP contribution in [0, 0.1) is 0 Å². The van der Waals surface area contributed by atoms with Crippen LogP contribution in [0.3, 0.4) is 0 Å². The molecule has 0 radical (unpaired) electrons. The molecule has 0 bridgehead atoms. The summed E-state index contributed by atoms with van der Waals surface area (Å²) in [4.78, 5) is 11.2. The quantitative estimate of drug-likeness (QED) is 0.842. The minimum Gasteiger partial charge on any atom is -0.362 e. The summed E-state index contributed by atoms with van der Waals surface area (Å²) in [5, 5.41) is 3.40. The van der Waals surface area contributed by atoms with E-state index in [1.54, 1.807) is 0 Å². The zero-order valence-corrected chi connectivity index (χ0v) is 11.9. The molecule has 1 aliphatic rings. The van der Waals surface area contributed by atoms with Crippen molar-refractivity contribution in [3.05, 3.63) is 42.2 Å². The van der Waals surface area contributed by atoms with Crippen LogP contribution in [0.25, 0.3) is 0 Å². The maximum Gasteiger partial charge on any atom is 0.128 e. The smallest absolute Gasteiger partial charge is 0.128 e. The molecule has 3 rings (SSSR count). The molecular weight excluding hydrogens is 250 g/mol. The standard InChI is InChI=1S/C15H21N5/c1-2-4-16-11-13-10-14(3-5-17-13)20-9-8-19-7-6-18-15(19)12-20/h3,5-7,10,16H,2,4,8-9,11-12H2,1H3. The first-order valence-corrected chi connectivity index (χ1v) is 7.27. The van der Waals surface area contributed by atoms with Crippen molar-refractivity contribution >= 4 is 5.69 Å². The highest BCUT2D eigenvalue weighted by atomic mass is 15.2. The zero-order chi connectivity index (χ0) is 13.8. The van der Waals surface area contributed by atoms with Crippen molar-refractivity contribution in [3.63, 3.8) is 0 Å². The average molecular weight is 271 g/mol. The number of nitrogens with one attached hydrogen (secondary N) is 1. The van der Waals surface area contributed by atoms with Gasteiger partial charge in [0.1, 0.15) is 5.82 Å². The Morgan fingerprint density at radius 3 is 3.10 bits per heavy atom. The summed E-state index contributed by atoms with van der Waals surface area (Å²) < 4.78 is 2.22. The molecule has 2 aromatic rings. The third kappa shape index (κ3) is 2.82. The summed E-state index contributed by atoms with van der Waals surface area (Å²) in [6, 6.07) is 4.27. The maximum atomic E-state index is 4.43. The van der Waals surface area contributed by atoms with Crippen LogP contribution in [-0.4, -0.2) is 27.6 Å². The van der Waals surface area contributed by atoms with E-state index in [0.717, 1.165) is 50.7 Å².